The number of amides is 2. The van der Waals surface area contributed by atoms with Gasteiger partial charge < -0.3 is 15.0 Å². The number of hydrogen-bond acceptors (Lipinski definition) is 5. The number of carbonyl (C=O) groups excluding carboxylic acids is 2. The number of sulfonamides is 1. The second kappa shape index (κ2) is 16.0. The molecule has 8 nitrogen and oxygen atoms in total. The Labute approximate surface area is 282 Å². The van der Waals surface area contributed by atoms with Gasteiger partial charge in [0, 0.05) is 19.0 Å². The molecule has 246 valence electrons. The van der Waals surface area contributed by atoms with E-state index >= 15 is 0 Å². The Morgan fingerprint density at radius 1 is 0.851 bits per heavy atom. The Bertz CT molecular complexity index is 1730. The predicted octanol–water partition coefficient (Wildman–Crippen LogP) is 6.63. The maximum absolute atomic E-state index is 14.6. The lowest BCUT2D eigenvalue weighted by Gasteiger charge is -2.35. The maximum atomic E-state index is 14.6. The smallest absolute Gasteiger partial charge is 0.264 e. The third kappa shape index (κ3) is 8.73. The lowest BCUT2D eigenvalue weighted by Crippen LogP contribution is -2.55. The van der Waals surface area contributed by atoms with Crippen molar-refractivity contribution in [2.45, 2.75) is 62.0 Å². The van der Waals surface area contributed by atoms with E-state index in [1.807, 2.05) is 60.7 Å². The summed E-state index contributed by atoms with van der Waals surface area (Å²) < 4.78 is 34.7. The van der Waals surface area contributed by atoms with E-state index in [-0.39, 0.29) is 40.5 Å². The van der Waals surface area contributed by atoms with Crippen LogP contribution >= 0.6 is 11.6 Å². The van der Waals surface area contributed by atoms with Gasteiger partial charge in [-0.2, -0.15) is 0 Å². The number of ether oxygens (including phenoxy) is 1. The zero-order valence-corrected chi connectivity index (χ0v) is 28.0. The van der Waals surface area contributed by atoms with Crippen molar-refractivity contribution in [3.8, 4) is 5.75 Å². The van der Waals surface area contributed by atoms with Crippen LogP contribution in [-0.2, 0) is 32.6 Å². The van der Waals surface area contributed by atoms with E-state index < -0.39 is 28.5 Å². The van der Waals surface area contributed by atoms with Crippen molar-refractivity contribution >= 4 is 39.1 Å². The molecule has 1 saturated carbocycles. The van der Waals surface area contributed by atoms with Crippen LogP contribution in [0.1, 0.15) is 43.2 Å². The normalized spacial score (nSPS) is 14.2. The van der Waals surface area contributed by atoms with Gasteiger partial charge in [-0.3, -0.25) is 13.9 Å². The van der Waals surface area contributed by atoms with Crippen LogP contribution in [0.15, 0.2) is 114 Å². The van der Waals surface area contributed by atoms with Crippen molar-refractivity contribution in [3.63, 3.8) is 0 Å². The number of hydrogen-bond donors (Lipinski definition) is 1. The highest BCUT2D eigenvalue weighted by Crippen LogP contribution is 2.32. The van der Waals surface area contributed by atoms with Gasteiger partial charge in [0.25, 0.3) is 10.0 Å². The minimum Gasteiger partial charge on any atom is -0.495 e. The number of rotatable bonds is 13. The van der Waals surface area contributed by atoms with Gasteiger partial charge in [0.2, 0.25) is 11.8 Å². The summed E-state index contributed by atoms with van der Waals surface area (Å²) in [5.41, 5.74) is 1.89. The Morgan fingerprint density at radius 2 is 1.45 bits per heavy atom. The van der Waals surface area contributed by atoms with Crippen molar-refractivity contribution in [1.82, 2.24) is 10.2 Å². The third-order valence-electron chi connectivity index (χ3n) is 8.45. The van der Waals surface area contributed by atoms with Gasteiger partial charge in [-0.15, -0.1) is 0 Å². The summed E-state index contributed by atoms with van der Waals surface area (Å²) in [5.74, 6) is -0.415. The standard InChI is InChI=1S/C37H40ClN3O5S/c1-46-35-23-22-31(25-33(35)38)41(47(44,45)32-20-12-5-13-21-32)27-36(42)40(26-29-16-8-3-9-17-29)34(24-28-14-6-2-7-15-28)37(43)39-30-18-10-4-11-19-30/h2-3,5-9,12-17,20-23,25,30,34H,4,10-11,18-19,24,26-27H2,1H3,(H,39,43). The first-order chi connectivity index (χ1) is 22.8. The van der Waals surface area contributed by atoms with E-state index in [2.05, 4.69) is 5.32 Å². The fourth-order valence-corrected chi connectivity index (χ4v) is 7.62. The van der Waals surface area contributed by atoms with Crippen LogP contribution in [0.3, 0.4) is 0 Å². The first-order valence-electron chi connectivity index (χ1n) is 15.9. The molecule has 2 amide bonds. The largest absolute Gasteiger partial charge is 0.495 e. The fourth-order valence-electron chi connectivity index (χ4n) is 5.94. The Hall–Kier alpha value is -4.34. The molecular weight excluding hydrogens is 634 g/mol. The van der Waals surface area contributed by atoms with Crippen LogP contribution in [0, 0.1) is 0 Å². The van der Waals surface area contributed by atoms with Gasteiger partial charge in [-0.25, -0.2) is 8.42 Å². The third-order valence-corrected chi connectivity index (χ3v) is 10.5. The number of nitrogens with one attached hydrogen (secondary N) is 1. The van der Waals surface area contributed by atoms with Gasteiger partial charge in [-0.05, 0) is 54.3 Å². The van der Waals surface area contributed by atoms with E-state index in [9.17, 15) is 18.0 Å². The summed E-state index contributed by atoms with van der Waals surface area (Å²) >= 11 is 6.46. The van der Waals surface area contributed by atoms with Gasteiger partial charge in [0.15, 0.2) is 0 Å². The first kappa shape index (κ1) is 34.0. The van der Waals surface area contributed by atoms with Crippen molar-refractivity contribution < 1.29 is 22.7 Å². The van der Waals surface area contributed by atoms with Crippen molar-refractivity contribution in [2.24, 2.45) is 0 Å². The summed E-state index contributed by atoms with van der Waals surface area (Å²) in [4.78, 5) is 30.3. The molecule has 1 aliphatic rings. The monoisotopic (exact) mass is 673 g/mol. The molecule has 0 spiro atoms. The van der Waals surface area contributed by atoms with E-state index in [1.54, 1.807) is 30.3 Å². The molecule has 10 heteroatoms. The minimum atomic E-state index is -4.23. The number of carbonyl (C=O) groups is 2. The molecule has 0 bridgehead atoms. The lowest BCUT2D eigenvalue weighted by atomic mass is 9.94. The van der Waals surface area contributed by atoms with Gasteiger partial charge in [-0.1, -0.05) is 110 Å². The second-order valence-corrected chi connectivity index (χ2v) is 14.0. The van der Waals surface area contributed by atoms with Crippen LogP contribution in [0.4, 0.5) is 5.69 Å². The Balaban J connectivity index is 1.56. The fraction of sp³-hybridized carbons (Fsp3) is 0.297. The van der Waals surface area contributed by atoms with Crippen molar-refractivity contribution in [2.75, 3.05) is 18.0 Å². The highest BCUT2D eigenvalue weighted by atomic mass is 35.5. The van der Waals surface area contributed by atoms with Gasteiger partial charge in [0.1, 0.15) is 18.3 Å². The zero-order valence-electron chi connectivity index (χ0n) is 26.4. The molecule has 1 fully saturated rings. The average Bonchev–Trinajstić information content (AvgIpc) is 3.10. The van der Waals surface area contributed by atoms with E-state index in [0.717, 1.165) is 47.5 Å². The topological polar surface area (TPSA) is 96.0 Å². The zero-order chi connectivity index (χ0) is 33.2. The van der Waals surface area contributed by atoms with Gasteiger partial charge in [0.05, 0.1) is 22.7 Å². The molecule has 4 aromatic carbocycles. The number of anilines is 1. The molecule has 0 aliphatic heterocycles. The van der Waals surface area contributed by atoms with Crippen LogP contribution < -0.4 is 14.4 Å². The summed E-state index contributed by atoms with van der Waals surface area (Å²) in [7, 11) is -2.77. The van der Waals surface area contributed by atoms with Crippen LogP contribution in [0.2, 0.25) is 5.02 Å². The average molecular weight is 674 g/mol. The number of halogens is 1. The van der Waals surface area contributed by atoms with Crippen LogP contribution in [0.25, 0.3) is 0 Å². The molecule has 1 aliphatic carbocycles. The summed E-state index contributed by atoms with van der Waals surface area (Å²) in [6.07, 6.45) is 5.25. The van der Waals surface area contributed by atoms with Crippen molar-refractivity contribution in [1.29, 1.82) is 0 Å². The maximum Gasteiger partial charge on any atom is 0.264 e. The van der Waals surface area contributed by atoms with Crippen molar-refractivity contribution in [3.05, 3.63) is 125 Å². The van der Waals surface area contributed by atoms with E-state index in [4.69, 9.17) is 16.3 Å². The summed E-state index contributed by atoms with van der Waals surface area (Å²) in [5, 5.41) is 3.42. The molecule has 1 N–H and O–H groups in total. The molecule has 1 unspecified atom stereocenters. The highest BCUT2D eigenvalue weighted by molar-refractivity contribution is 7.92. The summed E-state index contributed by atoms with van der Waals surface area (Å²) in [6, 6.07) is 30.6. The first-order valence-corrected chi connectivity index (χ1v) is 17.7. The SMILES string of the molecule is COc1ccc(N(CC(=O)N(Cc2ccccc2)C(Cc2ccccc2)C(=O)NC2CCCCC2)S(=O)(=O)c2ccccc2)cc1Cl. The Morgan fingerprint density at radius 3 is 2.04 bits per heavy atom. The van der Waals surface area contributed by atoms with E-state index in [0.29, 0.717) is 5.75 Å². The van der Waals surface area contributed by atoms with Gasteiger partial charge >= 0.3 is 0 Å². The predicted molar refractivity (Wildman–Crippen MR) is 185 cm³/mol. The molecule has 0 aromatic heterocycles. The molecular formula is C37H40ClN3O5S. The number of methoxy groups -OCH3 is 1. The van der Waals surface area contributed by atoms with E-state index in [1.165, 1.54) is 30.2 Å². The molecule has 1 atom stereocenters. The Kier molecular flexibility index (Phi) is 11.6. The minimum absolute atomic E-state index is 0.0187. The number of benzene rings is 4. The van der Waals surface area contributed by atoms with Crippen LogP contribution in [-0.4, -0.2) is 50.9 Å². The molecule has 0 radical (unpaired) electrons. The second-order valence-electron chi connectivity index (χ2n) is 11.7. The highest BCUT2D eigenvalue weighted by Gasteiger charge is 2.35. The van der Waals surface area contributed by atoms with Crippen LogP contribution in [0.5, 0.6) is 5.75 Å². The summed E-state index contributed by atoms with van der Waals surface area (Å²) in [6.45, 7) is -0.452. The molecule has 4 aromatic rings. The lowest BCUT2D eigenvalue weighted by molar-refractivity contribution is -0.140. The molecule has 0 heterocycles. The quantitative estimate of drug-likeness (QED) is 0.172. The molecule has 47 heavy (non-hydrogen) atoms. The number of nitrogens with zero attached hydrogens (tertiary/aromatic N) is 2. The molecule has 0 saturated heterocycles. The molecule has 5 rings (SSSR count).